The Morgan fingerprint density at radius 3 is 2.43 bits per heavy atom. The Bertz CT molecular complexity index is 648. The third-order valence-electron chi connectivity index (χ3n) is 3.30. The molecule has 1 fully saturated rings. The fourth-order valence-electron chi connectivity index (χ4n) is 2.40. The van der Waals surface area contributed by atoms with Crippen LogP contribution in [0.4, 0.5) is 5.69 Å². The zero-order valence-corrected chi connectivity index (χ0v) is 11.8. The standard InChI is InChI=1S/C17H17NO3/c1-12(19)18-16-7-3-5-14(11-16)13-4-2-6-15(10-13)17-20-8-9-21-17/h2-7,10-11,17H,8-9H2,1H3,(H,18,19). The van der Waals surface area contributed by atoms with Crippen LogP contribution in [-0.4, -0.2) is 19.1 Å². The predicted octanol–water partition coefficient (Wildman–Crippen LogP) is 3.36. The normalized spacial score (nSPS) is 15.1. The molecule has 1 amide bonds. The maximum atomic E-state index is 11.1. The third kappa shape index (κ3) is 3.29. The largest absolute Gasteiger partial charge is 0.346 e. The second kappa shape index (κ2) is 6.08. The molecule has 0 spiro atoms. The molecule has 0 atom stereocenters. The summed E-state index contributed by atoms with van der Waals surface area (Å²) < 4.78 is 11.1. The lowest BCUT2D eigenvalue weighted by Gasteiger charge is -2.11. The summed E-state index contributed by atoms with van der Waals surface area (Å²) in [6.07, 6.45) is -0.275. The molecule has 1 saturated heterocycles. The van der Waals surface area contributed by atoms with E-state index >= 15 is 0 Å². The molecule has 0 unspecified atom stereocenters. The van der Waals surface area contributed by atoms with E-state index in [1.165, 1.54) is 6.92 Å². The zero-order chi connectivity index (χ0) is 14.7. The molecular formula is C17H17NO3. The molecule has 3 rings (SSSR count). The van der Waals surface area contributed by atoms with E-state index in [0.29, 0.717) is 13.2 Å². The molecule has 1 N–H and O–H groups in total. The van der Waals surface area contributed by atoms with Crippen molar-refractivity contribution in [2.24, 2.45) is 0 Å². The van der Waals surface area contributed by atoms with Gasteiger partial charge in [0.2, 0.25) is 5.91 Å². The number of carbonyl (C=O) groups excluding carboxylic acids is 1. The molecular weight excluding hydrogens is 266 g/mol. The molecule has 2 aromatic carbocycles. The first-order chi connectivity index (χ1) is 10.2. The lowest BCUT2D eigenvalue weighted by atomic mass is 10.0. The molecule has 0 bridgehead atoms. The Hall–Kier alpha value is -2.17. The van der Waals surface area contributed by atoms with Gasteiger partial charge in [0.1, 0.15) is 0 Å². The molecule has 4 nitrogen and oxygen atoms in total. The number of rotatable bonds is 3. The van der Waals surface area contributed by atoms with Crippen molar-refractivity contribution in [1.82, 2.24) is 0 Å². The number of hydrogen-bond donors (Lipinski definition) is 1. The number of benzene rings is 2. The molecule has 108 valence electrons. The summed E-state index contributed by atoms with van der Waals surface area (Å²) >= 11 is 0. The van der Waals surface area contributed by atoms with E-state index < -0.39 is 0 Å². The quantitative estimate of drug-likeness (QED) is 0.939. The van der Waals surface area contributed by atoms with Crippen molar-refractivity contribution in [3.05, 3.63) is 54.1 Å². The van der Waals surface area contributed by atoms with E-state index in [9.17, 15) is 4.79 Å². The number of carbonyl (C=O) groups is 1. The van der Waals surface area contributed by atoms with Crippen molar-refractivity contribution in [2.45, 2.75) is 13.2 Å². The highest BCUT2D eigenvalue weighted by Crippen LogP contribution is 2.28. The van der Waals surface area contributed by atoms with Crippen LogP contribution in [0, 0.1) is 0 Å². The van der Waals surface area contributed by atoms with Gasteiger partial charge in [-0.05, 0) is 29.3 Å². The van der Waals surface area contributed by atoms with Crippen molar-refractivity contribution in [3.63, 3.8) is 0 Å². The van der Waals surface area contributed by atoms with E-state index in [1.807, 2.05) is 42.5 Å². The highest BCUT2D eigenvalue weighted by molar-refractivity contribution is 5.89. The van der Waals surface area contributed by atoms with Gasteiger partial charge in [-0.2, -0.15) is 0 Å². The summed E-state index contributed by atoms with van der Waals surface area (Å²) in [5.41, 5.74) is 3.91. The molecule has 1 aliphatic heterocycles. The average Bonchev–Trinajstić information content (AvgIpc) is 3.01. The molecule has 1 heterocycles. The van der Waals surface area contributed by atoms with Crippen molar-refractivity contribution >= 4 is 11.6 Å². The van der Waals surface area contributed by atoms with Crippen molar-refractivity contribution in [2.75, 3.05) is 18.5 Å². The predicted molar refractivity (Wildman–Crippen MR) is 80.8 cm³/mol. The minimum Gasteiger partial charge on any atom is -0.346 e. The highest BCUT2D eigenvalue weighted by atomic mass is 16.7. The average molecular weight is 283 g/mol. The van der Waals surface area contributed by atoms with Gasteiger partial charge in [-0.3, -0.25) is 4.79 Å². The van der Waals surface area contributed by atoms with Gasteiger partial charge in [-0.15, -0.1) is 0 Å². The van der Waals surface area contributed by atoms with E-state index in [2.05, 4.69) is 11.4 Å². The number of amides is 1. The minimum absolute atomic E-state index is 0.0753. The number of hydrogen-bond acceptors (Lipinski definition) is 3. The van der Waals surface area contributed by atoms with Crippen LogP contribution >= 0.6 is 0 Å². The lowest BCUT2D eigenvalue weighted by Crippen LogP contribution is -2.05. The first-order valence-electron chi connectivity index (χ1n) is 6.93. The van der Waals surface area contributed by atoms with Crippen molar-refractivity contribution < 1.29 is 14.3 Å². The second-order valence-electron chi connectivity index (χ2n) is 4.96. The minimum atomic E-state index is -0.275. The summed E-state index contributed by atoms with van der Waals surface area (Å²) in [5.74, 6) is -0.0753. The third-order valence-corrected chi connectivity index (χ3v) is 3.30. The van der Waals surface area contributed by atoms with Gasteiger partial charge >= 0.3 is 0 Å². The molecule has 21 heavy (non-hydrogen) atoms. The van der Waals surface area contributed by atoms with Crippen molar-refractivity contribution in [3.8, 4) is 11.1 Å². The van der Waals surface area contributed by atoms with Crippen LogP contribution in [0.25, 0.3) is 11.1 Å². The highest BCUT2D eigenvalue weighted by Gasteiger charge is 2.18. The van der Waals surface area contributed by atoms with Crippen LogP contribution in [0.3, 0.4) is 0 Å². The van der Waals surface area contributed by atoms with E-state index in [1.54, 1.807) is 0 Å². The summed E-state index contributed by atoms with van der Waals surface area (Å²) in [5, 5.41) is 2.80. The van der Waals surface area contributed by atoms with E-state index in [0.717, 1.165) is 22.4 Å². The molecule has 0 saturated carbocycles. The SMILES string of the molecule is CC(=O)Nc1cccc(-c2cccc(C3OCCO3)c2)c1. The first-order valence-corrected chi connectivity index (χ1v) is 6.93. The Morgan fingerprint density at radius 2 is 1.71 bits per heavy atom. The molecule has 0 aliphatic carbocycles. The monoisotopic (exact) mass is 283 g/mol. The van der Waals surface area contributed by atoms with Crippen LogP contribution < -0.4 is 5.32 Å². The summed E-state index contributed by atoms with van der Waals surface area (Å²) in [7, 11) is 0. The number of anilines is 1. The van der Waals surface area contributed by atoms with Crippen LogP contribution in [-0.2, 0) is 14.3 Å². The Kier molecular flexibility index (Phi) is 3.99. The Morgan fingerprint density at radius 1 is 1.05 bits per heavy atom. The van der Waals surface area contributed by atoms with Crippen LogP contribution in [0.5, 0.6) is 0 Å². The summed E-state index contributed by atoms with van der Waals surface area (Å²) in [6.45, 7) is 2.77. The first kappa shape index (κ1) is 13.8. The van der Waals surface area contributed by atoms with Gasteiger partial charge in [0.05, 0.1) is 13.2 Å². The van der Waals surface area contributed by atoms with Crippen LogP contribution in [0.1, 0.15) is 18.8 Å². The lowest BCUT2D eigenvalue weighted by molar-refractivity contribution is -0.114. The van der Waals surface area contributed by atoms with Gasteiger partial charge in [-0.1, -0.05) is 30.3 Å². The number of nitrogens with one attached hydrogen (secondary N) is 1. The molecule has 2 aromatic rings. The molecule has 0 radical (unpaired) electrons. The van der Waals surface area contributed by atoms with Gasteiger partial charge in [-0.25, -0.2) is 0 Å². The Balaban J connectivity index is 1.89. The zero-order valence-electron chi connectivity index (χ0n) is 11.8. The second-order valence-corrected chi connectivity index (χ2v) is 4.96. The molecule has 0 aromatic heterocycles. The van der Waals surface area contributed by atoms with Gasteiger partial charge in [0.15, 0.2) is 6.29 Å². The fourth-order valence-corrected chi connectivity index (χ4v) is 2.40. The smallest absolute Gasteiger partial charge is 0.221 e. The topological polar surface area (TPSA) is 47.6 Å². The van der Waals surface area contributed by atoms with Crippen LogP contribution in [0.2, 0.25) is 0 Å². The number of ether oxygens (including phenoxy) is 2. The summed E-state index contributed by atoms with van der Waals surface area (Å²) in [4.78, 5) is 11.1. The fraction of sp³-hybridized carbons (Fsp3) is 0.235. The van der Waals surface area contributed by atoms with E-state index in [4.69, 9.17) is 9.47 Å². The summed E-state index contributed by atoms with van der Waals surface area (Å²) in [6, 6.07) is 15.8. The van der Waals surface area contributed by atoms with Crippen molar-refractivity contribution in [1.29, 1.82) is 0 Å². The molecule has 1 aliphatic rings. The Labute approximate surface area is 123 Å². The maximum absolute atomic E-state index is 11.1. The van der Waals surface area contributed by atoms with Gasteiger partial charge < -0.3 is 14.8 Å². The molecule has 4 heteroatoms. The van der Waals surface area contributed by atoms with Gasteiger partial charge in [0, 0.05) is 18.2 Å². The van der Waals surface area contributed by atoms with Crippen LogP contribution in [0.15, 0.2) is 48.5 Å². The maximum Gasteiger partial charge on any atom is 0.221 e. The van der Waals surface area contributed by atoms with Gasteiger partial charge in [0.25, 0.3) is 0 Å². The van der Waals surface area contributed by atoms with E-state index in [-0.39, 0.29) is 12.2 Å².